The van der Waals surface area contributed by atoms with Crippen LogP contribution in [0.2, 0.25) is 0 Å². The maximum atomic E-state index is 12.0. The van der Waals surface area contributed by atoms with Gasteiger partial charge in [0, 0.05) is 13.1 Å². The molecule has 0 radical (unpaired) electrons. The molecule has 2 N–H and O–H groups in total. The zero-order valence-corrected chi connectivity index (χ0v) is 9.41. The molecule has 0 aromatic carbocycles. The van der Waals surface area contributed by atoms with E-state index in [1.54, 1.807) is 11.9 Å². The molecule has 0 aromatic rings. The highest BCUT2D eigenvalue weighted by Crippen LogP contribution is 2.23. The largest absolute Gasteiger partial charge is 0.334 e. The monoisotopic (exact) mass is 208 g/mol. The molecule has 0 spiro atoms. The molecule has 15 heavy (non-hydrogen) atoms. The first kappa shape index (κ1) is 12.1. The van der Waals surface area contributed by atoms with Crippen molar-refractivity contribution in [2.75, 3.05) is 13.6 Å². The zero-order chi connectivity index (χ0) is 11.3. The molecule has 0 heterocycles. The molecule has 1 aliphatic carbocycles. The summed E-state index contributed by atoms with van der Waals surface area (Å²) in [5.41, 5.74) is 6.01. The first-order valence-electron chi connectivity index (χ1n) is 5.61. The van der Waals surface area contributed by atoms with E-state index < -0.39 is 0 Å². The Balaban J connectivity index is 2.59. The Kier molecular flexibility index (Phi) is 4.64. The summed E-state index contributed by atoms with van der Waals surface area (Å²) in [4.78, 5) is 13.6. The van der Waals surface area contributed by atoms with Crippen molar-refractivity contribution >= 4 is 5.91 Å². The SMILES string of the molecule is C#CCN(C)C(=O)C1CCCCCC1N. The Morgan fingerprint density at radius 3 is 2.80 bits per heavy atom. The van der Waals surface area contributed by atoms with Crippen LogP contribution in [0, 0.1) is 18.3 Å². The quantitative estimate of drug-likeness (QED) is 0.543. The molecular weight excluding hydrogens is 188 g/mol. The minimum absolute atomic E-state index is 0.0141. The molecule has 1 amide bonds. The minimum Gasteiger partial charge on any atom is -0.334 e. The van der Waals surface area contributed by atoms with Crippen LogP contribution in [-0.2, 0) is 4.79 Å². The van der Waals surface area contributed by atoms with E-state index in [2.05, 4.69) is 5.92 Å². The molecule has 3 nitrogen and oxygen atoms in total. The van der Waals surface area contributed by atoms with Crippen molar-refractivity contribution in [3.63, 3.8) is 0 Å². The number of terminal acetylenes is 1. The standard InChI is InChI=1S/C12H20N2O/c1-3-9-14(2)12(15)10-7-5-4-6-8-11(10)13/h1,10-11H,4-9,13H2,2H3. The summed E-state index contributed by atoms with van der Waals surface area (Å²) in [5, 5.41) is 0. The van der Waals surface area contributed by atoms with Crippen molar-refractivity contribution in [2.24, 2.45) is 11.7 Å². The highest BCUT2D eigenvalue weighted by molar-refractivity contribution is 5.79. The molecule has 1 rings (SSSR count). The fourth-order valence-electron chi connectivity index (χ4n) is 2.14. The third-order valence-electron chi connectivity index (χ3n) is 3.09. The average Bonchev–Trinajstić information content (AvgIpc) is 2.42. The van der Waals surface area contributed by atoms with E-state index >= 15 is 0 Å². The Morgan fingerprint density at radius 1 is 1.47 bits per heavy atom. The second kappa shape index (κ2) is 5.77. The molecule has 0 saturated heterocycles. The van der Waals surface area contributed by atoms with Gasteiger partial charge < -0.3 is 10.6 Å². The smallest absolute Gasteiger partial charge is 0.227 e. The van der Waals surface area contributed by atoms with Gasteiger partial charge >= 0.3 is 0 Å². The maximum absolute atomic E-state index is 12.0. The first-order valence-corrected chi connectivity index (χ1v) is 5.61. The number of rotatable bonds is 2. The predicted octanol–water partition coefficient (Wildman–Crippen LogP) is 0.986. The summed E-state index contributed by atoms with van der Waals surface area (Å²) in [5.74, 6) is 2.57. The van der Waals surface area contributed by atoms with Crippen LogP contribution in [0.1, 0.15) is 32.1 Å². The van der Waals surface area contributed by atoms with Crippen molar-refractivity contribution in [2.45, 2.75) is 38.1 Å². The highest BCUT2D eigenvalue weighted by Gasteiger charge is 2.28. The summed E-state index contributed by atoms with van der Waals surface area (Å²) >= 11 is 0. The minimum atomic E-state index is -0.0224. The molecule has 1 saturated carbocycles. The van der Waals surface area contributed by atoms with Crippen LogP contribution < -0.4 is 5.73 Å². The van der Waals surface area contributed by atoms with Gasteiger partial charge in [-0.2, -0.15) is 0 Å². The van der Waals surface area contributed by atoms with Crippen LogP contribution in [0.3, 0.4) is 0 Å². The first-order chi connectivity index (χ1) is 7.16. The van der Waals surface area contributed by atoms with Crippen molar-refractivity contribution < 1.29 is 4.79 Å². The summed E-state index contributed by atoms with van der Waals surface area (Å²) in [7, 11) is 1.75. The number of hydrogen-bond donors (Lipinski definition) is 1. The molecule has 2 unspecified atom stereocenters. The number of carbonyl (C=O) groups is 1. The molecule has 1 aliphatic rings. The van der Waals surface area contributed by atoms with E-state index in [-0.39, 0.29) is 17.9 Å². The molecule has 2 atom stereocenters. The normalized spacial score (nSPS) is 26.5. The predicted molar refractivity (Wildman–Crippen MR) is 61.0 cm³/mol. The van der Waals surface area contributed by atoms with Gasteiger partial charge in [0.2, 0.25) is 5.91 Å². The van der Waals surface area contributed by atoms with Crippen molar-refractivity contribution in [1.82, 2.24) is 4.90 Å². The van der Waals surface area contributed by atoms with E-state index in [0.29, 0.717) is 6.54 Å². The van der Waals surface area contributed by atoms with Crippen molar-refractivity contribution in [3.05, 3.63) is 0 Å². The lowest BCUT2D eigenvalue weighted by Gasteiger charge is -2.25. The lowest BCUT2D eigenvalue weighted by Crippen LogP contribution is -2.42. The number of nitrogens with zero attached hydrogens (tertiary/aromatic N) is 1. The fraction of sp³-hybridized carbons (Fsp3) is 0.750. The van der Waals surface area contributed by atoms with Gasteiger partial charge in [-0.15, -0.1) is 6.42 Å². The van der Waals surface area contributed by atoms with Crippen LogP contribution in [0.4, 0.5) is 0 Å². The maximum Gasteiger partial charge on any atom is 0.227 e. The van der Waals surface area contributed by atoms with Crippen LogP contribution in [0.15, 0.2) is 0 Å². The highest BCUT2D eigenvalue weighted by atomic mass is 16.2. The summed E-state index contributed by atoms with van der Waals surface area (Å²) in [6.07, 6.45) is 10.5. The lowest BCUT2D eigenvalue weighted by atomic mass is 9.94. The molecule has 0 bridgehead atoms. The van der Waals surface area contributed by atoms with Gasteiger partial charge in [0.15, 0.2) is 0 Å². The fourth-order valence-corrected chi connectivity index (χ4v) is 2.14. The summed E-state index contributed by atoms with van der Waals surface area (Å²) < 4.78 is 0. The van der Waals surface area contributed by atoms with Crippen molar-refractivity contribution in [1.29, 1.82) is 0 Å². The number of amides is 1. The van der Waals surface area contributed by atoms with Gasteiger partial charge in [-0.05, 0) is 12.8 Å². The van der Waals surface area contributed by atoms with E-state index in [1.165, 1.54) is 6.42 Å². The van der Waals surface area contributed by atoms with Crippen molar-refractivity contribution in [3.8, 4) is 12.3 Å². The Bertz CT molecular complexity index is 257. The topological polar surface area (TPSA) is 46.3 Å². The third-order valence-corrected chi connectivity index (χ3v) is 3.09. The van der Waals surface area contributed by atoms with Gasteiger partial charge in [0.25, 0.3) is 0 Å². The molecule has 1 fully saturated rings. The van der Waals surface area contributed by atoms with E-state index in [1.807, 2.05) is 0 Å². The molecule has 3 heteroatoms. The van der Waals surface area contributed by atoms with E-state index in [0.717, 1.165) is 25.7 Å². The summed E-state index contributed by atoms with van der Waals surface area (Å²) in [6, 6.07) is 0.0141. The van der Waals surface area contributed by atoms with Crippen LogP contribution in [-0.4, -0.2) is 30.4 Å². The number of carbonyl (C=O) groups excluding carboxylic acids is 1. The number of hydrogen-bond acceptors (Lipinski definition) is 2. The van der Waals surface area contributed by atoms with Gasteiger partial charge in [0.1, 0.15) is 0 Å². The number of nitrogens with two attached hydrogens (primary N) is 1. The van der Waals surface area contributed by atoms with Gasteiger partial charge in [-0.25, -0.2) is 0 Å². The molecule has 84 valence electrons. The second-order valence-electron chi connectivity index (χ2n) is 4.31. The van der Waals surface area contributed by atoms with Gasteiger partial charge in [0.05, 0.1) is 12.5 Å². The lowest BCUT2D eigenvalue weighted by molar-refractivity contribution is -0.134. The zero-order valence-electron chi connectivity index (χ0n) is 9.41. The van der Waals surface area contributed by atoms with E-state index in [4.69, 9.17) is 12.2 Å². The molecule has 0 aliphatic heterocycles. The van der Waals surface area contributed by atoms with Crippen LogP contribution >= 0.6 is 0 Å². The van der Waals surface area contributed by atoms with Crippen LogP contribution in [0.5, 0.6) is 0 Å². The third kappa shape index (κ3) is 3.24. The van der Waals surface area contributed by atoms with Crippen LogP contribution in [0.25, 0.3) is 0 Å². The van der Waals surface area contributed by atoms with E-state index in [9.17, 15) is 4.79 Å². The Morgan fingerprint density at radius 2 is 2.13 bits per heavy atom. The second-order valence-corrected chi connectivity index (χ2v) is 4.31. The Hall–Kier alpha value is -1.01. The molecular formula is C12H20N2O. The summed E-state index contributed by atoms with van der Waals surface area (Å²) in [6.45, 7) is 0.377. The molecule has 0 aromatic heterocycles. The average molecular weight is 208 g/mol. The Labute approximate surface area is 92.0 Å². The van der Waals surface area contributed by atoms with Gasteiger partial charge in [-0.3, -0.25) is 4.79 Å². The van der Waals surface area contributed by atoms with Gasteiger partial charge in [-0.1, -0.05) is 25.2 Å².